The van der Waals surface area contributed by atoms with Crippen molar-refractivity contribution in [2.45, 2.75) is 44.9 Å². The van der Waals surface area contributed by atoms with Crippen LogP contribution in [0.1, 0.15) is 61.7 Å². The molecule has 0 aliphatic heterocycles. The predicted molar refractivity (Wildman–Crippen MR) is 58.5 cm³/mol. The minimum atomic E-state index is -0.440. The maximum Gasteiger partial charge on any atom is 0.376 e. The van der Waals surface area contributed by atoms with Crippen LogP contribution in [0.5, 0.6) is 0 Å². The van der Waals surface area contributed by atoms with E-state index < -0.39 is 5.97 Å². The zero-order valence-electron chi connectivity index (χ0n) is 10.2. The standard InChI is InChI=1S/C12H17NO3/c1-12(2,3)9-8(11(14)15-4)16-10(13-9)7-5-6-7/h7H,5-6H2,1-4H3. The zero-order valence-corrected chi connectivity index (χ0v) is 10.2. The van der Waals surface area contributed by atoms with Gasteiger partial charge in [-0.15, -0.1) is 0 Å². The van der Waals surface area contributed by atoms with Gasteiger partial charge >= 0.3 is 5.97 Å². The molecule has 0 unspecified atom stereocenters. The Bertz CT molecular complexity index is 410. The summed E-state index contributed by atoms with van der Waals surface area (Å²) in [6.07, 6.45) is 2.20. The number of nitrogens with zero attached hydrogens (tertiary/aromatic N) is 1. The fourth-order valence-corrected chi connectivity index (χ4v) is 1.58. The maximum atomic E-state index is 11.6. The average Bonchev–Trinajstić information content (AvgIpc) is 2.94. The second-order valence-corrected chi connectivity index (χ2v) is 5.25. The van der Waals surface area contributed by atoms with Crippen molar-refractivity contribution < 1.29 is 13.9 Å². The molecule has 0 N–H and O–H groups in total. The molecule has 1 aromatic heterocycles. The van der Waals surface area contributed by atoms with Gasteiger partial charge in [-0.2, -0.15) is 0 Å². The monoisotopic (exact) mass is 223 g/mol. The van der Waals surface area contributed by atoms with E-state index in [1.807, 2.05) is 20.8 Å². The van der Waals surface area contributed by atoms with E-state index >= 15 is 0 Å². The van der Waals surface area contributed by atoms with Crippen molar-refractivity contribution in [3.8, 4) is 0 Å². The third-order valence-corrected chi connectivity index (χ3v) is 2.65. The smallest absolute Gasteiger partial charge is 0.376 e. The molecule has 1 aliphatic rings. The first-order chi connectivity index (χ1) is 7.43. The topological polar surface area (TPSA) is 52.3 Å². The van der Waals surface area contributed by atoms with Crippen LogP contribution in [0.2, 0.25) is 0 Å². The minimum absolute atomic E-state index is 0.208. The molecular formula is C12H17NO3. The predicted octanol–water partition coefficient (Wildman–Crippen LogP) is 2.64. The number of hydrogen-bond donors (Lipinski definition) is 0. The van der Waals surface area contributed by atoms with Gasteiger partial charge in [0.05, 0.1) is 12.8 Å². The van der Waals surface area contributed by atoms with E-state index in [9.17, 15) is 4.79 Å². The van der Waals surface area contributed by atoms with Crippen molar-refractivity contribution in [2.75, 3.05) is 7.11 Å². The van der Waals surface area contributed by atoms with Crippen LogP contribution in [0.4, 0.5) is 0 Å². The SMILES string of the molecule is COC(=O)c1oc(C2CC2)nc1C(C)(C)C. The van der Waals surface area contributed by atoms with Gasteiger partial charge in [-0.25, -0.2) is 9.78 Å². The highest BCUT2D eigenvalue weighted by Crippen LogP contribution is 2.41. The molecule has 1 heterocycles. The first-order valence-corrected chi connectivity index (χ1v) is 5.53. The van der Waals surface area contributed by atoms with Gasteiger partial charge in [0.15, 0.2) is 5.89 Å². The van der Waals surface area contributed by atoms with Gasteiger partial charge in [0.2, 0.25) is 5.76 Å². The van der Waals surface area contributed by atoms with Crippen LogP contribution in [-0.4, -0.2) is 18.1 Å². The van der Waals surface area contributed by atoms with Crippen molar-refractivity contribution in [1.29, 1.82) is 0 Å². The van der Waals surface area contributed by atoms with Gasteiger partial charge in [0.1, 0.15) is 0 Å². The molecule has 2 rings (SSSR count). The molecule has 4 heteroatoms. The van der Waals surface area contributed by atoms with Gasteiger partial charge < -0.3 is 9.15 Å². The quantitative estimate of drug-likeness (QED) is 0.723. The molecule has 4 nitrogen and oxygen atoms in total. The molecule has 0 aromatic carbocycles. The van der Waals surface area contributed by atoms with E-state index in [1.165, 1.54) is 7.11 Å². The Labute approximate surface area is 95.0 Å². The summed E-state index contributed by atoms with van der Waals surface area (Å²) in [7, 11) is 1.36. The summed E-state index contributed by atoms with van der Waals surface area (Å²) < 4.78 is 10.2. The lowest BCUT2D eigenvalue weighted by molar-refractivity contribution is 0.0559. The molecular weight excluding hydrogens is 206 g/mol. The summed E-state index contributed by atoms with van der Waals surface area (Å²) in [5.41, 5.74) is 0.487. The van der Waals surface area contributed by atoms with Gasteiger partial charge in [-0.3, -0.25) is 0 Å². The summed E-state index contributed by atoms with van der Waals surface area (Å²) in [4.78, 5) is 16.0. The third-order valence-electron chi connectivity index (χ3n) is 2.65. The van der Waals surface area contributed by atoms with Crippen molar-refractivity contribution in [2.24, 2.45) is 0 Å². The first-order valence-electron chi connectivity index (χ1n) is 5.53. The molecule has 0 saturated heterocycles. The number of carbonyl (C=O) groups is 1. The van der Waals surface area contributed by atoms with Gasteiger partial charge in [-0.05, 0) is 12.8 Å². The van der Waals surface area contributed by atoms with E-state index in [0.29, 0.717) is 17.5 Å². The van der Waals surface area contributed by atoms with Crippen molar-refractivity contribution >= 4 is 5.97 Å². The lowest BCUT2D eigenvalue weighted by Gasteiger charge is -2.15. The van der Waals surface area contributed by atoms with Crippen LogP contribution in [-0.2, 0) is 10.2 Å². The summed E-state index contributed by atoms with van der Waals surface area (Å²) in [6.45, 7) is 6.02. The highest BCUT2D eigenvalue weighted by molar-refractivity contribution is 5.87. The zero-order chi connectivity index (χ0) is 11.9. The summed E-state index contributed by atoms with van der Waals surface area (Å²) in [5.74, 6) is 0.908. The third kappa shape index (κ3) is 1.96. The van der Waals surface area contributed by atoms with Crippen LogP contribution in [0.15, 0.2) is 4.42 Å². The Balaban J connectivity index is 2.43. The number of esters is 1. The van der Waals surface area contributed by atoms with Gasteiger partial charge in [0.25, 0.3) is 0 Å². The van der Waals surface area contributed by atoms with E-state index in [0.717, 1.165) is 12.8 Å². The number of hydrogen-bond acceptors (Lipinski definition) is 4. The fraction of sp³-hybridized carbons (Fsp3) is 0.667. The highest BCUT2D eigenvalue weighted by atomic mass is 16.5. The number of rotatable bonds is 2. The molecule has 0 radical (unpaired) electrons. The number of ether oxygens (including phenoxy) is 1. The van der Waals surface area contributed by atoms with Crippen LogP contribution >= 0.6 is 0 Å². The normalized spacial score (nSPS) is 16.2. The maximum absolute atomic E-state index is 11.6. The second kappa shape index (κ2) is 3.61. The molecule has 0 atom stereocenters. The number of oxazole rings is 1. The molecule has 1 saturated carbocycles. The molecule has 88 valence electrons. The van der Waals surface area contributed by atoms with E-state index in [2.05, 4.69) is 4.98 Å². The van der Waals surface area contributed by atoms with Crippen LogP contribution in [0, 0.1) is 0 Å². The van der Waals surface area contributed by atoms with Crippen LogP contribution in [0.3, 0.4) is 0 Å². The molecule has 0 spiro atoms. The lowest BCUT2D eigenvalue weighted by atomic mass is 9.91. The summed E-state index contributed by atoms with van der Waals surface area (Å²) >= 11 is 0. The Hall–Kier alpha value is -1.32. The minimum Gasteiger partial charge on any atom is -0.463 e. The number of methoxy groups -OCH3 is 1. The van der Waals surface area contributed by atoms with Crippen molar-refractivity contribution in [3.05, 3.63) is 17.3 Å². The van der Waals surface area contributed by atoms with Crippen LogP contribution in [0.25, 0.3) is 0 Å². The van der Waals surface area contributed by atoms with E-state index in [1.54, 1.807) is 0 Å². The Morgan fingerprint density at radius 1 is 1.44 bits per heavy atom. The molecule has 0 amide bonds. The average molecular weight is 223 g/mol. The second-order valence-electron chi connectivity index (χ2n) is 5.25. The number of carbonyl (C=O) groups excluding carboxylic acids is 1. The first kappa shape index (κ1) is 11.2. The van der Waals surface area contributed by atoms with Gasteiger partial charge in [-0.1, -0.05) is 20.8 Å². The Morgan fingerprint density at radius 3 is 2.50 bits per heavy atom. The highest BCUT2D eigenvalue weighted by Gasteiger charge is 2.35. The Morgan fingerprint density at radius 2 is 2.06 bits per heavy atom. The molecule has 1 aliphatic carbocycles. The fourth-order valence-electron chi connectivity index (χ4n) is 1.58. The van der Waals surface area contributed by atoms with E-state index in [4.69, 9.17) is 9.15 Å². The molecule has 0 bridgehead atoms. The summed E-state index contributed by atoms with van der Waals surface area (Å²) in [5, 5.41) is 0. The lowest BCUT2D eigenvalue weighted by Crippen LogP contribution is -2.17. The van der Waals surface area contributed by atoms with Gasteiger partial charge in [0, 0.05) is 11.3 Å². The Kier molecular flexibility index (Phi) is 2.52. The van der Waals surface area contributed by atoms with Crippen LogP contribution < -0.4 is 0 Å². The van der Waals surface area contributed by atoms with Crippen molar-refractivity contribution in [3.63, 3.8) is 0 Å². The summed E-state index contributed by atoms with van der Waals surface area (Å²) in [6, 6.07) is 0. The molecule has 16 heavy (non-hydrogen) atoms. The van der Waals surface area contributed by atoms with Crippen molar-refractivity contribution in [1.82, 2.24) is 4.98 Å². The molecule has 1 fully saturated rings. The molecule has 1 aromatic rings. The van der Waals surface area contributed by atoms with E-state index in [-0.39, 0.29) is 11.2 Å². The largest absolute Gasteiger partial charge is 0.463 e. The number of aromatic nitrogens is 1.